The number of amides is 1. The Bertz CT molecular complexity index is 820. The number of rotatable bonds is 6. The lowest BCUT2D eigenvalue weighted by Crippen LogP contribution is -2.33. The first-order chi connectivity index (χ1) is 12.1. The summed E-state index contributed by atoms with van der Waals surface area (Å²) in [6.07, 6.45) is 5.35. The second-order valence-electron chi connectivity index (χ2n) is 6.41. The first-order valence-corrected chi connectivity index (χ1v) is 8.71. The van der Waals surface area contributed by atoms with E-state index < -0.39 is 11.5 Å². The fraction of sp³-hybridized carbons (Fsp3) is 0.421. The van der Waals surface area contributed by atoms with E-state index in [-0.39, 0.29) is 17.3 Å². The molecule has 132 valence electrons. The number of nitrogens with one attached hydrogen (secondary N) is 2. The summed E-state index contributed by atoms with van der Waals surface area (Å²) in [5.74, 6) is 0.136. The van der Waals surface area contributed by atoms with Crippen molar-refractivity contribution in [2.75, 3.05) is 6.54 Å². The minimum Gasteiger partial charge on any atom is -0.469 e. The summed E-state index contributed by atoms with van der Waals surface area (Å²) in [5, 5.41) is 2.74. The van der Waals surface area contributed by atoms with Crippen molar-refractivity contribution in [1.82, 2.24) is 10.3 Å². The number of ketones is 1. The number of pyridine rings is 1. The van der Waals surface area contributed by atoms with Crippen molar-refractivity contribution < 1.29 is 14.0 Å². The van der Waals surface area contributed by atoms with Gasteiger partial charge in [-0.05, 0) is 31.0 Å². The highest BCUT2D eigenvalue weighted by Gasteiger charge is 2.30. The van der Waals surface area contributed by atoms with E-state index in [4.69, 9.17) is 4.42 Å². The van der Waals surface area contributed by atoms with Crippen molar-refractivity contribution in [1.29, 1.82) is 0 Å². The number of fused-ring (bicyclic) bond motifs is 1. The lowest BCUT2D eigenvalue weighted by molar-refractivity contribution is 0.0951. The van der Waals surface area contributed by atoms with Gasteiger partial charge in [-0.3, -0.25) is 14.4 Å². The zero-order valence-electron chi connectivity index (χ0n) is 14.3. The Morgan fingerprint density at radius 2 is 2.16 bits per heavy atom. The molecule has 2 heterocycles. The van der Waals surface area contributed by atoms with Crippen molar-refractivity contribution in [3.63, 3.8) is 0 Å². The monoisotopic (exact) mass is 342 g/mol. The average molecular weight is 342 g/mol. The van der Waals surface area contributed by atoms with Crippen LogP contribution in [0.15, 0.2) is 33.7 Å². The second-order valence-corrected chi connectivity index (χ2v) is 6.41. The van der Waals surface area contributed by atoms with Gasteiger partial charge < -0.3 is 14.7 Å². The molecule has 1 atom stereocenters. The summed E-state index contributed by atoms with van der Waals surface area (Å²) in [5.41, 5.74) is 0.547. The maximum Gasteiger partial charge on any atom is 0.261 e. The summed E-state index contributed by atoms with van der Waals surface area (Å²) in [7, 11) is 0. The fourth-order valence-electron chi connectivity index (χ4n) is 3.20. The van der Waals surface area contributed by atoms with E-state index in [1.165, 1.54) is 6.07 Å². The van der Waals surface area contributed by atoms with Crippen LogP contribution in [0.1, 0.15) is 70.7 Å². The minimum absolute atomic E-state index is 0.0000436. The number of furan rings is 1. The van der Waals surface area contributed by atoms with Crippen molar-refractivity contribution in [3.8, 4) is 0 Å². The second kappa shape index (κ2) is 7.51. The van der Waals surface area contributed by atoms with Crippen molar-refractivity contribution in [2.45, 2.75) is 44.9 Å². The minimum atomic E-state index is -0.459. The molecule has 0 fully saturated rings. The van der Waals surface area contributed by atoms with Crippen LogP contribution in [-0.2, 0) is 6.42 Å². The van der Waals surface area contributed by atoms with Gasteiger partial charge in [-0.2, -0.15) is 0 Å². The van der Waals surface area contributed by atoms with Gasteiger partial charge in [0.1, 0.15) is 11.3 Å². The van der Waals surface area contributed by atoms with Gasteiger partial charge in [0.2, 0.25) is 0 Å². The molecule has 0 aliphatic heterocycles. The molecule has 1 unspecified atom stereocenters. The molecule has 0 radical (unpaired) electrons. The van der Waals surface area contributed by atoms with Crippen LogP contribution in [0.5, 0.6) is 0 Å². The van der Waals surface area contributed by atoms with E-state index in [1.807, 2.05) is 6.07 Å². The molecule has 1 aliphatic rings. The number of aromatic amines is 1. The predicted molar refractivity (Wildman–Crippen MR) is 93.0 cm³/mol. The number of aromatic nitrogens is 1. The standard InChI is InChI=1S/C19H22N2O4/c1-2-3-4-7-20-18(23)14-11-13-15(21-19(14)24)9-12(10-16(13)22)17-6-5-8-25-17/h5-6,8,11-12H,2-4,7,9-10H2,1H3,(H,20,23)(H,21,24). The molecule has 3 rings (SSSR count). The van der Waals surface area contributed by atoms with Gasteiger partial charge in [-0.1, -0.05) is 19.8 Å². The SMILES string of the molecule is CCCCCNC(=O)c1cc2c([nH]c1=O)CC(c1ccco1)CC2=O. The molecule has 0 bridgehead atoms. The lowest BCUT2D eigenvalue weighted by atomic mass is 9.84. The number of hydrogen-bond acceptors (Lipinski definition) is 4. The summed E-state index contributed by atoms with van der Waals surface area (Å²) >= 11 is 0. The zero-order chi connectivity index (χ0) is 17.8. The number of carbonyl (C=O) groups excluding carboxylic acids is 2. The van der Waals surface area contributed by atoms with Crippen LogP contribution in [0.3, 0.4) is 0 Å². The van der Waals surface area contributed by atoms with Crippen molar-refractivity contribution in [2.24, 2.45) is 0 Å². The number of unbranched alkanes of at least 4 members (excludes halogenated alkanes) is 2. The van der Waals surface area contributed by atoms with Gasteiger partial charge in [-0.15, -0.1) is 0 Å². The van der Waals surface area contributed by atoms with E-state index >= 15 is 0 Å². The molecule has 2 aromatic rings. The molecule has 1 aliphatic carbocycles. The third-order valence-electron chi connectivity index (χ3n) is 4.56. The Morgan fingerprint density at radius 3 is 2.88 bits per heavy atom. The molecule has 1 amide bonds. The van der Waals surface area contributed by atoms with Crippen LogP contribution < -0.4 is 10.9 Å². The number of H-pyrrole nitrogens is 1. The van der Waals surface area contributed by atoms with Gasteiger partial charge in [-0.25, -0.2) is 0 Å². The van der Waals surface area contributed by atoms with E-state index in [0.29, 0.717) is 30.6 Å². The van der Waals surface area contributed by atoms with Gasteiger partial charge in [0.05, 0.1) is 6.26 Å². The highest BCUT2D eigenvalue weighted by molar-refractivity contribution is 6.02. The molecule has 6 nitrogen and oxygen atoms in total. The van der Waals surface area contributed by atoms with Gasteiger partial charge in [0, 0.05) is 30.1 Å². The largest absolute Gasteiger partial charge is 0.469 e. The highest BCUT2D eigenvalue weighted by Crippen LogP contribution is 2.31. The first kappa shape index (κ1) is 17.2. The normalized spacial score (nSPS) is 16.5. The number of carbonyl (C=O) groups is 2. The van der Waals surface area contributed by atoms with Crippen molar-refractivity contribution >= 4 is 11.7 Å². The smallest absolute Gasteiger partial charge is 0.261 e. The van der Waals surface area contributed by atoms with Crippen LogP contribution in [0, 0.1) is 0 Å². The Kier molecular flexibility index (Phi) is 5.16. The average Bonchev–Trinajstić information content (AvgIpc) is 3.12. The summed E-state index contributed by atoms with van der Waals surface area (Å²) in [6, 6.07) is 5.05. The molecule has 0 spiro atoms. The molecule has 0 saturated carbocycles. The molecule has 0 aromatic carbocycles. The van der Waals surface area contributed by atoms with Gasteiger partial charge in [0.25, 0.3) is 11.5 Å². The maximum atomic E-state index is 12.5. The fourth-order valence-corrected chi connectivity index (χ4v) is 3.20. The first-order valence-electron chi connectivity index (χ1n) is 8.71. The van der Waals surface area contributed by atoms with Gasteiger partial charge >= 0.3 is 0 Å². The topological polar surface area (TPSA) is 92.2 Å². The van der Waals surface area contributed by atoms with Crippen molar-refractivity contribution in [3.05, 3.63) is 57.4 Å². The Labute approximate surface area is 145 Å². The maximum absolute atomic E-state index is 12.5. The quantitative estimate of drug-likeness (QED) is 0.790. The summed E-state index contributed by atoms with van der Waals surface area (Å²) in [6.45, 7) is 2.61. The highest BCUT2D eigenvalue weighted by atomic mass is 16.3. The lowest BCUT2D eigenvalue weighted by Gasteiger charge is -2.22. The van der Waals surface area contributed by atoms with Crippen LogP contribution in [-0.4, -0.2) is 23.2 Å². The number of hydrogen-bond donors (Lipinski definition) is 2. The molecular formula is C19H22N2O4. The third kappa shape index (κ3) is 3.73. The molecule has 0 saturated heterocycles. The van der Waals surface area contributed by atoms with Crippen LogP contribution in [0.4, 0.5) is 0 Å². The van der Waals surface area contributed by atoms with E-state index in [2.05, 4.69) is 17.2 Å². The molecule has 6 heteroatoms. The van der Waals surface area contributed by atoms with E-state index in [9.17, 15) is 14.4 Å². The third-order valence-corrected chi connectivity index (χ3v) is 4.56. The molecule has 2 N–H and O–H groups in total. The summed E-state index contributed by atoms with van der Waals surface area (Å²) in [4.78, 5) is 39.7. The van der Waals surface area contributed by atoms with Crippen LogP contribution in [0.25, 0.3) is 0 Å². The van der Waals surface area contributed by atoms with E-state index in [0.717, 1.165) is 25.0 Å². The summed E-state index contributed by atoms with van der Waals surface area (Å²) < 4.78 is 5.38. The molecule has 25 heavy (non-hydrogen) atoms. The zero-order valence-corrected chi connectivity index (χ0v) is 14.3. The Balaban J connectivity index is 1.80. The molecule has 2 aromatic heterocycles. The van der Waals surface area contributed by atoms with Crippen LogP contribution in [0.2, 0.25) is 0 Å². The number of Topliss-reactive ketones (excluding diaryl/α,β-unsaturated/α-hetero) is 1. The van der Waals surface area contributed by atoms with E-state index in [1.54, 1.807) is 12.3 Å². The Hall–Kier alpha value is -2.63. The predicted octanol–water partition coefficient (Wildman–Crippen LogP) is 2.80. The molecular weight excluding hydrogens is 320 g/mol. The van der Waals surface area contributed by atoms with Crippen LogP contribution >= 0.6 is 0 Å². The Morgan fingerprint density at radius 1 is 1.32 bits per heavy atom. The van der Waals surface area contributed by atoms with Gasteiger partial charge in [0.15, 0.2) is 5.78 Å².